The van der Waals surface area contributed by atoms with Gasteiger partial charge in [-0.05, 0) is 26.7 Å². The lowest BCUT2D eigenvalue weighted by atomic mass is 10.1. The summed E-state index contributed by atoms with van der Waals surface area (Å²) in [7, 11) is 0. The first kappa shape index (κ1) is 12.6. The van der Waals surface area contributed by atoms with Crippen molar-refractivity contribution in [2.75, 3.05) is 0 Å². The zero-order valence-electron chi connectivity index (χ0n) is 9.88. The molecule has 4 nitrogen and oxygen atoms in total. The smallest absolute Gasteiger partial charge is 0.251 e. The standard InChI is InChI=1S/C12H18N2O2/c1-9-8-12(16)14-11(13-9)7-5-3-4-6-10(2)15/h8H,3-7H2,1-2H3,(H,13,14,16). The molecule has 0 radical (unpaired) electrons. The number of hydrogen-bond donors (Lipinski definition) is 1. The van der Waals surface area contributed by atoms with Crippen LogP contribution in [-0.4, -0.2) is 15.8 Å². The maximum absolute atomic E-state index is 11.1. The summed E-state index contributed by atoms with van der Waals surface area (Å²) in [6, 6.07) is 1.49. The van der Waals surface area contributed by atoms with Crippen molar-refractivity contribution in [3.63, 3.8) is 0 Å². The van der Waals surface area contributed by atoms with Crippen molar-refractivity contribution >= 4 is 5.78 Å². The van der Waals surface area contributed by atoms with Gasteiger partial charge in [-0.2, -0.15) is 0 Å². The molecule has 0 saturated heterocycles. The number of H-pyrrole nitrogens is 1. The molecule has 0 amide bonds. The molecule has 16 heavy (non-hydrogen) atoms. The van der Waals surface area contributed by atoms with E-state index in [0.29, 0.717) is 6.42 Å². The van der Waals surface area contributed by atoms with Crippen LogP contribution in [0.4, 0.5) is 0 Å². The van der Waals surface area contributed by atoms with Gasteiger partial charge in [0.1, 0.15) is 11.6 Å². The maximum atomic E-state index is 11.1. The first-order valence-corrected chi connectivity index (χ1v) is 5.64. The first-order valence-electron chi connectivity index (χ1n) is 5.64. The van der Waals surface area contributed by atoms with Crippen LogP contribution in [0.3, 0.4) is 0 Å². The molecule has 0 aromatic carbocycles. The highest BCUT2D eigenvalue weighted by Gasteiger charge is 1.99. The molecule has 1 aromatic heterocycles. The van der Waals surface area contributed by atoms with Crippen LogP contribution in [0, 0.1) is 6.92 Å². The summed E-state index contributed by atoms with van der Waals surface area (Å²) in [5.74, 6) is 0.981. The fraction of sp³-hybridized carbons (Fsp3) is 0.583. The third-order valence-corrected chi connectivity index (χ3v) is 2.36. The van der Waals surface area contributed by atoms with Crippen molar-refractivity contribution in [1.29, 1.82) is 0 Å². The lowest BCUT2D eigenvalue weighted by Gasteiger charge is -2.01. The minimum Gasteiger partial charge on any atom is -0.311 e. The van der Waals surface area contributed by atoms with Crippen LogP contribution in [0.15, 0.2) is 10.9 Å². The predicted octanol–water partition coefficient (Wildman–Crippen LogP) is 1.77. The van der Waals surface area contributed by atoms with Crippen LogP contribution >= 0.6 is 0 Å². The van der Waals surface area contributed by atoms with Crippen LogP contribution in [0.2, 0.25) is 0 Å². The van der Waals surface area contributed by atoms with Crippen LogP contribution in [0.1, 0.15) is 44.1 Å². The van der Waals surface area contributed by atoms with Crippen molar-refractivity contribution in [1.82, 2.24) is 9.97 Å². The Bertz CT molecular complexity index is 410. The second-order valence-electron chi connectivity index (χ2n) is 4.10. The molecule has 1 heterocycles. The third kappa shape index (κ3) is 4.87. The van der Waals surface area contributed by atoms with E-state index in [4.69, 9.17) is 0 Å². The van der Waals surface area contributed by atoms with E-state index in [2.05, 4.69) is 9.97 Å². The van der Waals surface area contributed by atoms with Crippen molar-refractivity contribution in [2.45, 2.75) is 46.0 Å². The highest BCUT2D eigenvalue weighted by atomic mass is 16.1. The van der Waals surface area contributed by atoms with Crippen LogP contribution in [0.25, 0.3) is 0 Å². The Morgan fingerprint density at radius 1 is 1.38 bits per heavy atom. The Hall–Kier alpha value is -1.45. The van der Waals surface area contributed by atoms with Gasteiger partial charge < -0.3 is 9.78 Å². The average molecular weight is 222 g/mol. The molecule has 0 fully saturated rings. The molecule has 0 unspecified atom stereocenters. The highest BCUT2D eigenvalue weighted by Crippen LogP contribution is 2.04. The summed E-state index contributed by atoms with van der Waals surface area (Å²) in [6.07, 6.45) is 4.30. The van der Waals surface area contributed by atoms with Gasteiger partial charge in [-0.15, -0.1) is 0 Å². The van der Waals surface area contributed by atoms with Crippen LogP contribution in [-0.2, 0) is 11.2 Å². The molecule has 88 valence electrons. The SMILES string of the molecule is CC(=O)CCCCCc1nc(C)cc(=O)[nH]1. The third-order valence-electron chi connectivity index (χ3n) is 2.36. The highest BCUT2D eigenvalue weighted by molar-refractivity contribution is 5.75. The normalized spacial score (nSPS) is 10.4. The molecular weight excluding hydrogens is 204 g/mol. The van der Waals surface area contributed by atoms with Gasteiger partial charge in [0.15, 0.2) is 0 Å². The molecule has 0 aliphatic heterocycles. The Morgan fingerprint density at radius 3 is 2.75 bits per heavy atom. The van der Waals surface area contributed by atoms with Crippen molar-refractivity contribution in [2.24, 2.45) is 0 Å². The summed E-state index contributed by atoms with van der Waals surface area (Å²) in [5.41, 5.74) is 0.661. The lowest BCUT2D eigenvalue weighted by Crippen LogP contribution is -2.11. The Labute approximate surface area is 95.1 Å². The number of aromatic amines is 1. The largest absolute Gasteiger partial charge is 0.311 e. The zero-order valence-corrected chi connectivity index (χ0v) is 9.88. The molecule has 0 atom stereocenters. The number of nitrogens with one attached hydrogen (secondary N) is 1. The molecule has 0 spiro atoms. The maximum Gasteiger partial charge on any atom is 0.251 e. The summed E-state index contributed by atoms with van der Waals surface area (Å²) in [4.78, 5) is 28.8. The fourth-order valence-electron chi connectivity index (χ4n) is 1.60. The zero-order chi connectivity index (χ0) is 12.0. The average Bonchev–Trinajstić information content (AvgIpc) is 2.15. The van der Waals surface area contributed by atoms with Gasteiger partial charge in [-0.3, -0.25) is 4.79 Å². The van der Waals surface area contributed by atoms with Crippen LogP contribution in [0.5, 0.6) is 0 Å². The molecule has 4 heteroatoms. The molecule has 1 N–H and O–H groups in total. The predicted molar refractivity (Wildman–Crippen MR) is 62.4 cm³/mol. The number of carbonyl (C=O) groups excluding carboxylic acids is 1. The number of carbonyl (C=O) groups is 1. The van der Waals surface area contributed by atoms with Gasteiger partial charge in [0.25, 0.3) is 5.56 Å². The van der Waals surface area contributed by atoms with Gasteiger partial charge in [0, 0.05) is 24.6 Å². The Balaban J connectivity index is 2.32. The monoisotopic (exact) mass is 222 g/mol. The number of hydrogen-bond acceptors (Lipinski definition) is 3. The number of ketones is 1. The Morgan fingerprint density at radius 2 is 2.12 bits per heavy atom. The number of Topliss-reactive ketones (excluding diaryl/α,β-unsaturated/α-hetero) is 1. The summed E-state index contributed by atoms with van der Waals surface area (Å²) in [6.45, 7) is 3.42. The molecule has 0 bridgehead atoms. The molecule has 1 rings (SSSR count). The second kappa shape index (κ2) is 6.20. The van der Waals surface area contributed by atoms with E-state index in [1.807, 2.05) is 6.92 Å². The first-order chi connectivity index (χ1) is 7.58. The lowest BCUT2D eigenvalue weighted by molar-refractivity contribution is -0.117. The minimum absolute atomic E-state index is 0.0914. The fourth-order valence-corrected chi connectivity index (χ4v) is 1.60. The second-order valence-corrected chi connectivity index (χ2v) is 4.10. The van der Waals surface area contributed by atoms with Gasteiger partial charge in [-0.1, -0.05) is 6.42 Å². The van der Waals surface area contributed by atoms with E-state index in [1.54, 1.807) is 6.92 Å². The number of rotatable bonds is 6. The quantitative estimate of drug-likeness (QED) is 0.746. The number of aryl methyl sites for hydroxylation is 2. The topological polar surface area (TPSA) is 62.8 Å². The van der Waals surface area contributed by atoms with E-state index in [-0.39, 0.29) is 11.3 Å². The molecule has 0 saturated carbocycles. The summed E-state index contributed by atoms with van der Waals surface area (Å²) >= 11 is 0. The Kier molecular flexibility index (Phi) is 4.89. The van der Waals surface area contributed by atoms with E-state index in [1.165, 1.54) is 6.07 Å². The molecule has 0 aliphatic rings. The van der Waals surface area contributed by atoms with E-state index in [9.17, 15) is 9.59 Å². The van der Waals surface area contributed by atoms with E-state index >= 15 is 0 Å². The van der Waals surface area contributed by atoms with Gasteiger partial charge >= 0.3 is 0 Å². The number of unbranched alkanes of at least 4 members (excludes halogenated alkanes) is 2. The number of aromatic nitrogens is 2. The molecule has 0 aliphatic carbocycles. The van der Waals surface area contributed by atoms with Gasteiger partial charge in [0.05, 0.1) is 0 Å². The molecule has 1 aromatic rings. The van der Waals surface area contributed by atoms with Crippen molar-refractivity contribution < 1.29 is 4.79 Å². The minimum atomic E-state index is -0.0914. The summed E-state index contributed by atoms with van der Waals surface area (Å²) < 4.78 is 0. The summed E-state index contributed by atoms with van der Waals surface area (Å²) in [5, 5.41) is 0. The van der Waals surface area contributed by atoms with Gasteiger partial charge in [0.2, 0.25) is 0 Å². The number of nitrogens with zero attached hydrogens (tertiary/aromatic N) is 1. The van der Waals surface area contributed by atoms with Crippen LogP contribution < -0.4 is 5.56 Å². The van der Waals surface area contributed by atoms with Gasteiger partial charge in [-0.25, -0.2) is 4.98 Å². The van der Waals surface area contributed by atoms with E-state index < -0.39 is 0 Å². The van der Waals surface area contributed by atoms with Crippen molar-refractivity contribution in [3.05, 3.63) is 27.9 Å². The van der Waals surface area contributed by atoms with E-state index in [0.717, 1.165) is 37.2 Å². The van der Waals surface area contributed by atoms with Crippen molar-refractivity contribution in [3.8, 4) is 0 Å². The molecular formula is C12H18N2O2.